The molecule has 20 heavy (non-hydrogen) atoms. The molecule has 0 unspecified atom stereocenters. The highest BCUT2D eigenvalue weighted by Gasteiger charge is 2.19. The Kier molecular flexibility index (Phi) is 19.0. The molecule has 2 nitrogen and oxygen atoms in total. The van der Waals surface area contributed by atoms with Gasteiger partial charge >= 0.3 is 0 Å². The van der Waals surface area contributed by atoms with E-state index in [0.29, 0.717) is 0 Å². The lowest BCUT2D eigenvalue weighted by molar-refractivity contribution is 0.490. The summed E-state index contributed by atoms with van der Waals surface area (Å²) in [4.78, 5) is 4.38. The summed E-state index contributed by atoms with van der Waals surface area (Å²) in [5, 5.41) is 0. The Bertz CT molecular complexity index is 288. The lowest BCUT2D eigenvalue weighted by atomic mass is 10.2. The number of rotatable bonds is 3. The van der Waals surface area contributed by atoms with E-state index >= 15 is 0 Å². The molecular weight excluding hydrogens is 244 g/mol. The number of nitrogens with zero attached hydrogens (tertiary/aromatic N) is 2. The van der Waals surface area contributed by atoms with E-state index in [2.05, 4.69) is 49.7 Å². The fourth-order valence-electron chi connectivity index (χ4n) is 1.75. The summed E-state index contributed by atoms with van der Waals surface area (Å²) in [6.07, 6.45) is 5.18. The molecule has 0 N–H and O–H groups in total. The van der Waals surface area contributed by atoms with Crippen LogP contribution < -0.4 is 0 Å². The van der Waals surface area contributed by atoms with Gasteiger partial charge in [-0.3, -0.25) is 0 Å². The monoisotopic (exact) mass is 282 g/mol. The molecule has 0 aromatic carbocycles. The summed E-state index contributed by atoms with van der Waals surface area (Å²) in [6.45, 7) is 21.2. The number of hydrogen-bond donors (Lipinski definition) is 0. The van der Waals surface area contributed by atoms with E-state index in [4.69, 9.17) is 0 Å². The number of likely N-dealkylation sites (N-methyl/N-ethyl adjacent to an activating group) is 1. The summed E-state index contributed by atoms with van der Waals surface area (Å²) < 4.78 is 0. The first kappa shape index (κ1) is 23.9. The third kappa shape index (κ3) is 8.84. The van der Waals surface area contributed by atoms with E-state index in [9.17, 15) is 0 Å². The van der Waals surface area contributed by atoms with Gasteiger partial charge in [-0.05, 0) is 25.6 Å². The smallest absolute Gasteiger partial charge is 0.0403 e. The molecule has 1 aliphatic rings. The molecule has 0 atom stereocenters. The number of hydrogen-bond acceptors (Lipinski definition) is 2. The second-order valence-electron chi connectivity index (χ2n) is 3.89. The highest BCUT2D eigenvalue weighted by molar-refractivity contribution is 5.29. The van der Waals surface area contributed by atoms with Crippen molar-refractivity contribution in [3.63, 3.8) is 0 Å². The minimum atomic E-state index is 1.000. The molecule has 2 heteroatoms. The molecule has 0 spiro atoms. The van der Waals surface area contributed by atoms with Crippen LogP contribution in [0, 0.1) is 0 Å². The van der Waals surface area contributed by atoms with E-state index in [-0.39, 0.29) is 0 Å². The molecule has 0 amide bonds. The van der Waals surface area contributed by atoms with Gasteiger partial charge in [0.1, 0.15) is 0 Å². The van der Waals surface area contributed by atoms with Crippen LogP contribution in [0.25, 0.3) is 0 Å². The summed E-state index contributed by atoms with van der Waals surface area (Å²) in [5.41, 5.74) is 4.02. The van der Waals surface area contributed by atoms with E-state index in [1.807, 2.05) is 48.5 Å². The van der Waals surface area contributed by atoms with Crippen LogP contribution in [0.2, 0.25) is 0 Å². The van der Waals surface area contributed by atoms with Gasteiger partial charge in [-0.1, -0.05) is 54.2 Å². The van der Waals surface area contributed by atoms with E-state index < -0.39 is 0 Å². The maximum atomic E-state index is 4.04. The standard InChI is InChI=1S/C12H20N2.3C2H6/c1-6-7-13(4)9-12-8-10(2)14(5)11(12)3;3*1-2/h6-7H,2,8-9H2,1,3-5H3;3*1-2H3/b7-6+;;;. The summed E-state index contributed by atoms with van der Waals surface area (Å²) in [5.74, 6) is 0. The van der Waals surface area contributed by atoms with Crippen LogP contribution in [-0.4, -0.2) is 30.4 Å². The maximum Gasteiger partial charge on any atom is 0.0403 e. The summed E-state index contributed by atoms with van der Waals surface area (Å²) in [6, 6.07) is 0. The molecule has 0 saturated heterocycles. The second kappa shape index (κ2) is 15.9. The quantitative estimate of drug-likeness (QED) is 0.659. The van der Waals surface area contributed by atoms with Crippen LogP contribution in [-0.2, 0) is 0 Å². The van der Waals surface area contributed by atoms with Gasteiger partial charge in [0.2, 0.25) is 0 Å². The third-order valence-electron chi connectivity index (χ3n) is 2.75. The zero-order valence-corrected chi connectivity index (χ0v) is 15.7. The van der Waals surface area contributed by atoms with Crippen molar-refractivity contribution in [3.8, 4) is 0 Å². The lowest BCUT2D eigenvalue weighted by Gasteiger charge is -2.16. The van der Waals surface area contributed by atoms with Crippen LogP contribution in [0.15, 0.2) is 35.8 Å². The molecular formula is C18H38N2. The second-order valence-corrected chi connectivity index (χ2v) is 3.89. The van der Waals surface area contributed by atoms with Crippen molar-refractivity contribution in [1.82, 2.24) is 9.80 Å². The van der Waals surface area contributed by atoms with Crippen molar-refractivity contribution < 1.29 is 0 Å². The minimum absolute atomic E-state index is 1.000. The first-order valence-electron chi connectivity index (χ1n) is 7.99. The maximum absolute atomic E-state index is 4.04. The van der Waals surface area contributed by atoms with Gasteiger partial charge in [0.15, 0.2) is 0 Å². The molecule has 1 aliphatic heterocycles. The largest absolute Gasteiger partial charge is 0.377 e. The average molecular weight is 283 g/mol. The predicted molar refractivity (Wildman–Crippen MR) is 95.7 cm³/mol. The molecule has 120 valence electrons. The Morgan fingerprint density at radius 2 is 1.60 bits per heavy atom. The van der Waals surface area contributed by atoms with Gasteiger partial charge in [0.25, 0.3) is 0 Å². The number of allylic oxidation sites excluding steroid dienone is 3. The minimum Gasteiger partial charge on any atom is -0.377 e. The van der Waals surface area contributed by atoms with Gasteiger partial charge in [0.05, 0.1) is 0 Å². The molecule has 1 rings (SSSR count). The van der Waals surface area contributed by atoms with Crippen molar-refractivity contribution in [2.45, 2.75) is 61.8 Å². The molecule has 0 fully saturated rings. The van der Waals surface area contributed by atoms with Crippen LogP contribution in [0.4, 0.5) is 0 Å². The Balaban J connectivity index is -0.000000425. The Hall–Kier alpha value is -1.18. The molecule has 0 bridgehead atoms. The van der Waals surface area contributed by atoms with Gasteiger partial charge < -0.3 is 9.80 Å². The van der Waals surface area contributed by atoms with Gasteiger partial charge in [-0.15, -0.1) is 0 Å². The van der Waals surface area contributed by atoms with Crippen molar-refractivity contribution >= 4 is 0 Å². The van der Waals surface area contributed by atoms with Crippen LogP contribution in [0.1, 0.15) is 61.8 Å². The van der Waals surface area contributed by atoms with Crippen LogP contribution in [0.3, 0.4) is 0 Å². The Morgan fingerprint density at radius 3 is 1.90 bits per heavy atom. The summed E-state index contributed by atoms with van der Waals surface area (Å²) in [7, 11) is 4.18. The third-order valence-corrected chi connectivity index (χ3v) is 2.75. The SMILES string of the molecule is C=C1CC(CN(C)/C=C/C)=C(C)N1C.CC.CC.CC. The molecule has 0 aromatic heterocycles. The van der Waals surface area contributed by atoms with Gasteiger partial charge in [-0.2, -0.15) is 0 Å². The van der Waals surface area contributed by atoms with Crippen molar-refractivity contribution in [2.24, 2.45) is 0 Å². The van der Waals surface area contributed by atoms with Crippen molar-refractivity contribution in [3.05, 3.63) is 35.8 Å². The normalized spacial score (nSPS) is 13.1. The highest BCUT2D eigenvalue weighted by Crippen LogP contribution is 2.28. The lowest BCUT2D eigenvalue weighted by Crippen LogP contribution is -2.14. The summed E-state index contributed by atoms with van der Waals surface area (Å²) >= 11 is 0. The van der Waals surface area contributed by atoms with Crippen molar-refractivity contribution in [2.75, 3.05) is 20.6 Å². The zero-order valence-electron chi connectivity index (χ0n) is 15.7. The molecule has 0 radical (unpaired) electrons. The van der Waals surface area contributed by atoms with E-state index in [1.54, 1.807) is 0 Å². The first-order chi connectivity index (χ1) is 9.56. The van der Waals surface area contributed by atoms with Crippen molar-refractivity contribution in [1.29, 1.82) is 0 Å². The first-order valence-corrected chi connectivity index (χ1v) is 7.99. The highest BCUT2D eigenvalue weighted by atomic mass is 15.1. The Labute approximate surface area is 128 Å². The van der Waals surface area contributed by atoms with Crippen LogP contribution >= 0.6 is 0 Å². The predicted octanol–water partition coefficient (Wildman–Crippen LogP) is 5.65. The molecule has 0 aromatic rings. The van der Waals surface area contributed by atoms with E-state index in [1.165, 1.54) is 17.0 Å². The topological polar surface area (TPSA) is 6.48 Å². The fraction of sp³-hybridized carbons (Fsp3) is 0.667. The fourth-order valence-corrected chi connectivity index (χ4v) is 1.75. The Morgan fingerprint density at radius 1 is 1.15 bits per heavy atom. The van der Waals surface area contributed by atoms with Gasteiger partial charge in [0, 0.05) is 38.5 Å². The average Bonchev–Trinajstić information content (AvgIpc) is 2.73. The zero-order chi connectivity index (χ0) is 16.7. The molecule has 0 saturated carbocycles. The van der Waals surface area contributed by atoms with Gasteiger partial charge in [-0.25, -0.2) is 0 Å². The molecule has 0 aliphatic carbocycles. The van der Waals surface area contributed by atoms with E-state index in [0.717, 1.165) is 13.0 Å². The molecule has 1 heterocycles. The van der Waals surface area contributed by atoms with Crippen LogP contribution in [0.5, 0.6) is 0 Å².